The van der Waals surface area contributed by atoms with Crippen LogP contribution in [-0.2, 0) is 32.5 Å². The van der Waals surface area contributed by atoms with Crippen molar-refractivity contribution in [3.8, 4) is 0 Å². The molecule has 1 heterocycles. The molecule has 1 aromatic rings. The van der Waals surface area contributed by atoms with Crippen molar-refractivity contribution in [2.45, 2.75) is 181 Å². The third-order valence-corrected chi connectivity index (χ3v) is 8.59. The van der Waals surface area contributed by atoms with Crippen molar-refractivity contribution in [1.82, 2.24) is 4.57 Å². The highest BCUT2D eigenvalue weighted by molar-refractivity contribution is 4.65. The van der Waals surface area contributed by atoms with Gasteiger partial charge in [-0.1, -0.05) is 155 Å². The third kappa shape index (κ3) is 28.5. The molecule has 44 heavy (non-hydrogen) atoms. The van der Waals surface area contributed by atoms with Gasteiger partial charge in [0.2, 0.25) is 6.33 Å². The van der Waals surface area contributed by atoms with E-state index in [1.807, 2.05) is 17.8 Å². The van der Waals surface area contributed by atoms with Crippen LogP contribution in [-0.4, -0.2) is 50.5 Å². The molecule has 0 aliphatic rings. The molecular formula is C38H75N2O4+. The lowest BCUT2D eigenvalue weighted by molar-refractivity contribution is -0.671. The molecule has 0 bridgehead atoms. The normalized spacial score (nSPS) is 12.3. The first kappa shape index (κ1) is 41.1. The minimum Gasteiger partial charge on any atom is -0.379 e. The van der Waals surface area contributed by atoms with Gasteiger partial charge in [-0.15, -0.1) is 0 Å². The second-order valence-corrected chi connectivity index (χ2v) is 13.1. The highest BCUT2D eigenvalue weighted by Gasteiger charge is 2.10. The van der Waals surface area contributed by atoms with E-state index < -0.39 is 0 Å². The summed E-state index contributed by atoms with van der Waals surface area (Å²) in [5.74, 6) is 0. The molecule has 0 spiro atoms. The highest BCUT2D eigenvalue weighted by Crippen LogP contribution is 2.13. The van der Waals surface area contributed by atoms with Crippen molar-refractivity contribution in [1.29, 1.82) is 0 Å². The highest BCUT2D eigenvalue weighted by atomic mass is 16.7. The summed E-state index contributed by atoms with van der Waals surface area (Å²) in [6.07, 6.45) is 38.8. The second kappa shape index (κ2) is 33.4. The van der Waals surface area contributed by atoms with Crippen molar-refractivity contribution in [2.75, 3.05) is 39.8 Å². The maximum Gasteiger partial charge on any atom is 0.243 e. The van der Waals surface area contributed by atoms with Gasteiger partial charge in [0, 0.05) is 13.2 Å². The van der Waals surface area contributed by atoms with E-state index >= 15 is 0 Å². The molecule has 0 radical (unpaired) electrons. The number of aromatic nitrogens is 2. The number of hydrogen-bond donors (Lipinski definition) is 0. The first-order chi connectivity index (χ1) is 21.8. The summed E-state index contributed by atoms with van der Waals surface area (Å²) in [7, 11) is 2.03. The van der Waals surface area contributed by atoms with Gasteiger partial charge in [0.25, 0.3) is 0 Å². The van der Waals surface area contributed by atoms with Crippen LogP contribution < -0.4 is 4.57 Å². The van der Waals surface area contributed by atoms with Gasteiger partial charge in [-0.2, -0.15) is 0 Å². The van der Waals surface area contributed by atoms with Gasteiger partial charge >= 0.3 is 0 Å². The average molecular weight is 624 g/mol. The van der Waals surface area contributed by atoms with Crippen LogP contribution >= 0.6 is 0 Å². The lowest BCUT2D eigenvalue weighted by Crippen LogP contribution is -2.27. The fraction of sp³-hybridized carbons (Fsp3) is 0.921. The zero-order valence-electron chi connectivity index (χ0n) is 29.8. The maximum absolute atomic E-state index is 6.21. The number of aryl methyl sites for hydroxylation is 1. The molecule has 0 aliphatic heterocycles. The Morgan fingerprint density at radius 2 is 0.977 bits per heavy atom. The fourth-order valence-corrected chi connectivity index (χ4v) is 5.70. The Hall–Kier alpha value is -0.950. The van der Waals surface area contributed by atoms with Crippen LogP contribution in [0.2, 0.25) is 0 Å². The lowest BCUT2D eigenvalue weighted by Gasteiger charge is -2.18. The van der Waals surface area contributed by atoms with Crippen LogP contribution in [0.15, 0.2) is 18.7 Å². The van der Waals surface area contributed by atoms with Crippen LogP contribution in [0.4, 0.5) is 0 Å². The summed E-state index contributed by atoms with van der Waals surface area (Å²) >= 11 is 0. The maximum atomic E-state index is 6.21. The molecule has 0 saturated heterocycles. The van der Waals surface area contributed by atoms with E-state index in [4.69, 9.17) is 18.9 Å². The summed E-state index contributed by atoms with van der Waals surface area (Å²) in [5, 5.41) is 0. The molecule has 0 aromatic carbocycles. The average Bonchev–Trinajstić information content (AvgIpc) is 3.45. The smallest absolute Gasteiger partial charge is 0.243 e. The third-order valence-electron chi connectivity index (χ3n) is 8.59. The van der Waals surface area contributed by atoms with Gasteiger partial charge in [0.1, 0.15) is 31.8 Å². The van der Waals surface area contributed by atoms with Crippen LogP contribution in [0.3, 0.4) is 0 Å². The van der Waals surface area contributed by atoms with Gasteiger partial charge in [0.05, 0.1) is 26.9 Å². The molecule has 6 nitrogen and oxygen atoms in total. The molecule has 1 aromatic heterocycles. The number of nitrogens with zero attached hydrogens (tertiary/aromatic N) is 2. The van der Waals surface area contributed by atoms with Gasteiger partial charge < -0.3 is 18.9 Å². The Labute approximate surface area is 274 Å². The molecule has 6 heteroatoms. The molecule has 0 N–H and O–H groups in total. The standard InChI is InChI=1S/C38H75N2O4/c1-4-6-8-10-12-14-16-18-20-22-24-26-31-41-34-38(35-43-37-42-33-30-40-29-28-39(3)36-40)44-32-27-25-23-21-19-17-15-13-11-9-7-5-2/h28-29,36,38H,4-27,30-35,37H2,1-3H3/q+1. The number of rotatable bonds is 36. The van der Waals surface area contributed by atoms with Crippen molar-refractivity contribution >= 4 is 0 Å². The molecule has 0 amide bonds. The Bertz CT molecular complexity index is 684. The summed E-state index contributed by atoms with van der Waals surface area (Å²) < 4.78 is 27.9. The summed E-state index contributed by atoms with van der Waals surface area (Å²) in [4.78, 5) is 0. The Kier molecular flexibility index (Phi) is 31.2. The minimum absolute atomic E-state index is 0.0212. The van der Waals surface area contributed by atoms with E-state index in [-0.39, 0.29) is 6.10 Å². The van der Waals surface area contributed by atoms with Crippen LogP contribution in [0.5, 0.6) is 0 Å². The van der Waals surface area contributed by atoms with Gasteiger partial charge in [-0.25, -0.2) is 9.13 Å². The predicted octanol–water partition coefficient (Wildman–Crippen LogP) is 10.1. The zero-order chi connectivity index (χ0) is 31.6. The molecule has 260 valence electrons. The van der Waals surface area contributed by atoms with Crippen LogP contribution in [0.1, 0.15) is 168 Å². The van der Waals surface area contributed by atoms with E-state index in [0.29, 0.717) is 26.6 Å². The molecule has 1 atom stereocenters. The van der Waals surface area contributed by atoms with Crippen LogP contribution in [0, 0.1) is 0 Å². The van der Waals surface area contributed by atoms with E-state index in [1.54, 1.807) is 0 Å². The van der Waals surface area contributed by atoms with Crippen molar-refractivity contribution in [3.63, 3.8) is 0 Å². The SMILES string of the molecule is CCCCCCCCCCCCCCOCC(COCOCCn1cc[n+](C)c1)OCCCCCCCCCCCCCC. The monoisotopic (exact) mass is 624 g/mol. The number of ether oxygens (including phenoxy) is 4. The first-order valence-corrected chi connectivity index (χ1v) is 19.1. The zero-order valence-corrected chi connectivity index (χ0v) is 29.8. The Balaban J connectivity index is 2.08. The fourth-order valence-electron chi connectivity index (χ4n) is 5.70. The summed E-state index contributed by atoms with van der Waals surface area (Å²) in [6.45, 7) is 9.07. The molecule has 1 unspecified atom stereocenters. The van der Waals surface area contributed by atoms with Crippen molar-refractivity contribution in [2.24, 2.45) is 7.05 Å². The van der Waals surface area contributed by atoms with Gasteiger partial charge in [-0.05, 0) is 12.8 Å². The Morgan fingerprint density at radius 3 is 1.45 bits per heavy atom. The van der Waals surface area contributed by atoms with Crippen LogP contribution in [0.25, 0.3) is 0 Å². The second-order valence-electron chi connectivity index (χ2n) is 13.1. The van der Waals surface area contributed by atoms with Crippen molar-refractivity contribution in [3.05, 3.63) is 18.7 Å². The minimum atomic E-state index is -0.0212. The van der Waals surface area contributed by atoms with E-state index in [0.717, 1.165) is 32.6 Å². The Morgan fingerprint density at radius 1 is 0.523 bits per heavy atom. The topological polar surface area (TPSA) is 45.7 Å². The lowest BCUT2D eigenvalue weighted by atomic mass is 10.1. The largest absolute Gasteiger partial charge is 0.379 e. The molecule has 0 aliphatic carbocycles. The molecular weight excluding hydrogens is 548 g/mol. The van der Waals surface area contributed by atoms with E-state index in [2.05, 4.69) is 30.9 Å². The number of imidazole rings is 1. The van der Waals surface area contributed by atoms with E-state index in [9.17, 15) is 0 Å². The molecule has 0 saturated carbocycles. The number of hydrogen-bond acceptors (Lipinski definition) is 4. The predicted molar refractivity (Wildman–Crippen MR) is 185 cm³/mol. The first-order valence-electron chi connectivity index (χ1n) is 19.1. The van der Waals surface area contributed by atoms with E-state index in [1.165, 1.54) is 141 Å². The van der Waals surface area contributed by atoms with Gasteiger partial charge in [-0.3, -0.25) is 0 Å². The summed E-state index contributed by atoms with van der Waals surface area (Å²) in [5.41, 5.74) is 0. The number of unbranched alkanes of at least 4 members (excludes halogenated alkanes) is 22. The molecule has 1 rings (SSSR count). The quantitative estimate of drug-likeness (QED) is 0.0424. The summed E-state index contributed by atoms with van der Waals surface area (Å²) in [6, 6.07) is 0. The van der Waals surface area contributed by atoms with Crippen molar-refractivity contribution < 1.29 is 23.5 Å². The van der Waals surface area contributed by atoms with Gasteiger partial charge in [0.15, 0.2) is 0 Å². The molecule has 0 fully saturated rings.